The van der Waals surface area contributed by atoms with E-state index in [1.54, 1.807) is 50.6 Å². The number of ether oxygens (including phenoxy) is 6. The molecule has 4 heterocycles. The summed E-state index contributed by atoms with van der Waals surface area (Å²) in [6, 6.07) is 5.37. The van der Waals surface area contributed by atoms with Gasteiger partial charge in [0.1, 0.15) is 34.4 Å². The summed E-state index contributed by atoms with van der Waals surface area (Å²) in [6.07, 6.45) is -0.00355. The molecule has 1 amide bonds. The summed E-state index contributed by atoms with van der Waals surface area (Å²) in [5, 5.41) is 29.4. The van der Waals surface area contributed by atoms with Gasteiger partial charge >= 0.3 is 6.09 Å². The van der Waals surface area contributed by atoms with Crippen LogP contribution in [0, 0.1) is 23.7 Å². The lowest BCUT2D eigenvalue weighted by Crippen LogP contribution is -2.60. The summed E-state index contributed by atoms with van der Waals surface area (Å²) in [6.45, 7) is 7.52. The number of aliphatic hydroxyl groups excluding tert-OH is 1. The molecule has 16 nitrogen and oxygen atoms in total. The van der Waals surface area contributed by atoms with E-state index in [0.29, 0.717) is 22.8 Å². The summed E-state index contributed by atoms with van der Waals surface area (Å²) in [5.41, 5.74) is 1.88. The molecular formula is C48H54N4O12S2. The number of aromatic amines is 1. The Morgan fingerprint density at radius 1 is 1.12 bits per heavy atom. The molecule has 2 saturated heterocycles. The van der Waals surface area contributed by atoms with Gasteiger partial charge < -0.3 is 54.3 Å². The Morgan fingerprint density at radius 3 is 2.64 bits per heavy atom. The van der Waals surface area contributed by atoms with Crippen LogP contribution in [0.5, 0.6) is 5.75 Å². The molecular weight excluding hydrogens is 889 g/mol. The van der Waals surface area contributed by atoms with Crippen molar-refractivity contribution in [3.8, 4) is 29.4 Å². The van der Waals surface area contributed by atoms with Crippen molar-refractivity contribution in [1.82, 2.24) is 20.6 Å². The Balaban J connectivity index is 1.33. The lowest BCUT2D eigenvalue weighted by Gasteiger charge is -2.48. The number of hydrogen-bond acceptors (Lipinski definition) is 16. The standard InChI is InChI=1S/C48H54N4O12S2/c1-25(2)50-34-24-61-40(22-38(34)59-5)63-39-23-48(65-7,45(57)44-43-29(16-18-49-44)32-20-28(54)14-15-33(32)51-43)26(3)62-46(39)64-37-13-11-9-8-10-12-31-41(37)30(17-19-66-27(4)53)35(55)21-36(56)42(31)52-47(58)60-6/h8-9,14-18,20,25-26,34-35,37-40,42,46,50-51,54-55H,19,21-24H2,1-7H3,(H,52,58)/b9-8-,30-17-/t26?,34?,35-,37-,38?,39?,40?,42?,46?,48?/m0/s1. The number of carbonyl (C=O) groups excluding carboxylic acids is 4. The molecule has 8 unspecified atom stereocenters. The minimum Gasteiger partial charge on any atom is -0.508 e. The maximum atomic E-state index is 15.3. The van der Waals surface area contributed by atoms with Crippen LogP contribution in [-0.4, -0.2) is 142 Å². The van der Waals surface area contributed by atoms with Crippen LogP contribution in [0.4, 0.5) is 4.79 Å². The number of amides is 1. The number of phenols is 1. The SMILES string of the molecule is COC(=O)NC1C(=O)C[C@H](O)/C(=C/CSC(C)=O)C2=C1C#C/C=C\C#C[C@@H]2OC1OC(C)C(SC)(C(=O)c2nccc3c2[nH]c2ccc(O)cc23)CC1OC1CC(OC)C(NC(C)C)CO1. The zero-order valence-electron chi connectivity index (χ0n) is 37.7. The van der Waals surface area contributed by atoms with E-state index in [1.807, 2.05) is 20.1 Å². The fourth-order valence-corrected chi connectivity index (χ4v) is 10.3. The van der Waals surface area contributed by atoms with Crippen LogP contribution in [0.1, 0.15) is 57.4 Å². The number of alkyl carbamates (subject to hydrolysis) is 1. The first-order valence-corrected chi connectivity index (χ1v) is 23.8. The zero-order chi connectivity index (χ0) is 47.3. The molecule has 350 valence electrons. The summed E-state index contributed by atoms with van der Waals surface area (Å²) < 4.78 is 36.5. The number of fused-ring (bicyclic) bond motifs is 3. The Kier molecular flexibility index (Phi) is 15.8. The lowest BCUT2D eigenvalue weighted by molar-refractivity contribution is -0.301. The van der Waals surface area contributed by atoms with Crippen LogP contribution in [0.3, 0.4) is 0 Å². The van der Waals surface area contributed by atoms with Crippen LogP contribution >= 0.6 is 23.5 Å². The second kappa shape index (κ2) is 21.3. The Labute approximate surface area is 391 Å². The highest BCUT2D eigenvalue weighted by Gasteiger charge is 2.55. The fraction of sp³-hybridized carbons (Fsp3) is 0.479. The molecule has 4 aliphatic rings. The predicted octanol–water partition coefficient (Wildman–Crippen LogP) is 4.88. The number of nitrogens with one attached hydrogen (secondary N) is 3. The van der Waals surface area contributed by atoms with E-state index in [2.05, 4.69) is 44.3 Å². The minimum absolute atomic E-state index is 0.0282. The number of aliphatic hydroxyl groups is 1. The third kappa shape index (κ3) is 10.4. The number of Topliss-reactive ketones (excluding diaryl/α,β-unsaturated/α-hetero) is 2. The number of carbonyl (C=O) groups is 4. The molecule has 66 heavy (non-hydrogen) atoms. The molecule has 18 heteroatoms. The summed E-state index contributed by atoms with van der Waals surface area (Å²) in [4.78, 5) is 61.9. The number of pyridine rings is 1. The third-order valence-corrected chi connectivity index (χ3v) is 14.1. The molecule has 0 radical (unpaired) electrons. The van der Waals surface area contributed by atoms with E-state index in [4.69, 9.17) is 28.4 Å². The van der Waals surface area contributed by atoms with E-state index in [1.165, 1.54) is 30.8 Å². The number of thioether (sulfide) groups is 2. The Morgan fingerprint density at radius 2 is 1.91 bits per heavy atom. The average Bonchev–Trinajstić information content (AvgIpc) is 3.66. The van der Waals surface area contributed by atoms with Gasteiger partial charge in [-0.3, -0.25) is 19.4 Å². The van der Waals surface area contributed by atoms with Crippen LogP contribution in [0.15, 0.2) is 65.4 Å². The first kappa shape index (κ1) is 48.9. The van der Waals surface area contributed by atoms with E-state index < -0.39 is 66.1 Å². The van der Waals surface area contributed by atoms with Crippen molar-refractivity contribution in [2.24, 2.45) is 0 Å². The normalized spacial score (nSPS) is 30.0. The first-order chi connectivity index (χ1) is 31.7. The number of benzene rings is 1. The first-order valence-electron chi connectivity index (χ1n) is 21.5. The van der Waals surface area contributed by atoms with E-state index in [-0.39, 0.29) is 76.0 Å². The number of allylic oxidation sites excluding steroid dienone is 2. The summed E-state index contributed by atoms with van der Waals surface area (Å²) in [7, 11) is 2.79. The molecule has 0 bridgehead atoms. The molecule has 2 aliphatic carbocycles. The minimum atomic E-state index is -1.42. The van der Waals surface area contributed by atoms with Crippen molar-refractivity contribution in [3.63, 3.8) is 0 Å². The summed E-state index contributed by atoms with van der Waals surface area (Å²) >= 11 is 2.29. The smallest absolute Gasteiger partial charge is 0.407 e. The van der Waals surface area contributed by atoms with Gasteiger partial charge in [0, 0.05) is 78.7 Å². The lowest BCUT2D eigenvalue weighted by atomic mass is 9.85. The molecule has 10 atom stereocenters. The number of methoxy groups -OCH3 is 2. The monoisotopic (exact) mass is 942 g/mol. The number of H-pyrrole nitrogens is 1. The maximum absolute atomic E-state index is 15.3. The second-order valence-corrected chi connectivity index (χ2v) is 18.9. The van der Waals surface area contributed by atoms with Gasteiger partial charge in [0.05, 0.1) is 43.6 Å². The third-order valence-electron chi connectivity index (χ3n) is 12.0. The van der Waals surface area contributed by atoms with Gasteiger partial charge in [-0.15, -0.1) is 11.8 Å². The molecule has 7 rings (SSSR count). The maximum Gasteiger partial charge on any atom is 0.407 e. The predicted molar refractivity (Wildman–Crippen MR) is 250 cm³/mol. The van der Waals surface area contributed by atoms with Crippen LogP contribution in [-0.2, 0) is 38.0 Å². The summed E-state index contributed by atoms with van der Waals surface area (Å²) in [5.74, 6) is 11.3. The number of ketones is 2. The largest absolute Gasteiger partial charge is 0.508 e. The number of hydrogen-bond donors (Lipinski definition) is 5. The van der Waals surface area contributed by atoms with Gasteiger partial charge in [-0.25, -0.2) is 4.79 Å². The van der Waals surface area contributed by atoms with Crippen molar-refractivity contribution < 1.29 is 57.8 Å². The van der Waals surface area contributed by atoms with Gasteiger partial charge in [0.25, 0.3) is 0 Å². The quantitative estimate of drug-likeness (QED) is 0.114. The zero-order valence-corrected chi connectivity index (χ0v) is 39.3. The molecule has 2 aromatic heterocycles. The van der Waals surface area contributed by atoms with Crippen LogP contribution in [0.25, 0.3) is 21.8 Å². The van der Waals surface area contributed by atoms with Gasteiger partial charge in [-0.2, -0.15) is 0 Å². The number of aromatic hydroxyl groups is 1. The van der Waals surface area contributed by atoms with Gasteiger partial charge in [0.2, 0.25) is 5.78 Å². The number of nitrogens with zero attached hydrogens (tertiary/aromatic N) is 1. The van der Waals surface area contributed by atoms with E-state index in [9.17, 15) is 24.6 Å². The van der Waals surface area contributed by atoms with Crippen molar-refractivity contribution in [1.29, 1.82) is 0 Å². The molecule has 3 aromatic rings. The topological polar surface area (TPSA) is 217 Å². The second-order valence-electron chi connectivity index (χ2n) is 16.5. The number of rotatable bonds is 13. The molecule has 0 spiro atoms. The molecule has 5 N–H and O–H groups in total. The van der Waals surface area contributed by atoms with E-state index >= 15 is 4.79 Å². The number of phenolic OH excluding ortho intramolecular Hbond substituents is 1. The average molecular weight is 943 g/mol. The van der Waals surface area contributed by atoms with Gasteiger partial charge in [0.15, 0.2) is 23.5 Å². The highest BCUT2D eigenvalue weighted by atomic mass is 32.2. The van der Waals surface area contributed by atoms with Gasteiger partial charge in [-0.1, -0.05) is 55.4 Å². The van der Waals surface area contributed by atoms with Crippen LogP contribution in [0.2, 0.25) is 0 Å². The molecule has 0 saturated carbocycles. The van der Waals surface area contributed by atoms with Crippen LogP contribution < -0.4 is 10.6 Å². The highest BCUT2D eigenvalue weighted by Crippen LogP contribution is 2.46. The van der Waals surface area contributed by atoms with Crippen molar-refractivity contribution in [2.75, 3.05) is 32.8 Å². The highest BCUT2D eigenvalue weighted by molar-refractivity contribution is 8.13. The fourth-order valence-electron chi connectivity index (χ4n) is 8.83. The van der Waals surface area contributed by atoms with Crippen molar-refractivity contribution >= 4 is 68.1 Å². The van der Waals surface area contributed by atoms with Crippen molar-refractivity contribution in [2.45, 2.75) is 113 Å². The molecule has 1 aromatic carbocycles. The van der Waals surface area contributed by atoms with Crippen molar-refractivity contribution in [3.05, 3.63) is 71.1 Å². The number of aromatic nitrogens is 2. The molecule has 2 aliphatic heterocycles. The van der Waals surface area contributed by atoms with E-state index in [0.717, 1.165) is 24.3 Å². The molecule has 2 fully saturated rings. The Hall–Kier alpha value is -4.99. The Bertz CT molecular complexity index is 2590. The van der Waals surface area contributed by atoms with Gasteiger partial charge in [-0.05, 0) is 55.2 Å².